The van der Waals surface area contributed by atoms with Crippen molar-refractivity contribution in [3.63, 3.8) is 0 Å². The van der Waals surface area contributed by atoms with E-state index < -0.39 is 18.4 Å². The Hall–Kier alpha value is -2.89. The third kappa shape index (κ3) is 4.31. The van der Waals surface area contributed by atoms with Gasteiger partial charge in [-0.05, 0) is 17.7 Å². The maximum absolute atomic E-state index is 11.9. The molecule has 1 amide bonds. The second-order valence-corrected chi connectivity index (χ2v) is 4.20. The lowest BCUT2D eigenvalue weighted by Crippen LogP contribution is -2.30. The minimum Gasteiger partial charge on any atom is -0.486 e. The van der Waals surface area contributed by atoms with Crippen LogP contribution < -0.4 is 10.1 Å². The van der Waals surface area contributed by atoms with E-state index in [4.69, 9.17) is 9.84 Å². The third-order valence-electron chi connectivity index (χ3n) is 2.62. The van der Waals surface area contributed by atoms with Gasteiger partial charge in [-0.2, -0.15) is 0 Å². The summed E-state index contributed by atoms with van der Waals surface area (Å²) in [4.78, 5) is 26.3. The van der Waals surface area contributed by atoms with Crippen molar-refractivity contribution < 1.29 is 19.4 Å². The Morgan fingerprint density at radius 3 is 2.62 bits per heavy atom. The zero-order chi connectivity index (χ0) is 15.1. The van der Waals surface area contributed by atoms with Gasteiger partial charge >= 0.3 is 5.97 Å². The number of amides is 1. The summed E-state index contributed by atoms with van der Waals surface area (Å²) in [5.41, 5.74) is 1.02. The third-order valence-corrected chi connectivity index (χ3v) is 2.62. The number of aliphatic carboxylic acids is 1. The van der Waals surface area contributed by atoms with Gasteiger partial charge in [0, 0.05) is 6.20 Å². The fourth-order valence-corrected chi connectivity index (χ4v) is 1.65. The molecule has 0 atom stereocenters. The fourth-order valence-electron chi connectivity index (χ4n) is 1.65. The largest absolute Gasteiger partial charge is 0.486 e. The van der Waals surface area contributed by atoms with Crippen LogP contribution in [0.1, 0.15) is 16.1 Å². The van der Waals surface area contributed by atoms with Gasteiger partial charge in [-0.1, -0.05) is 30.3 Å². The normalized spacial score (nSPS) is 9.90. The van der Waals surface area contributed by atoms with E-state index in [1.807, 2.05) is 30.3 Å². The Morgan fingerprint density at radius 2 is 1.90 bits per heavy atom. The molecule has 6 nitrogen and oxygen atoms in total. The molecule has 108 valence electrons. The summed E-state index contributed by atoms with van der Waals surface area (Å²) in [5.74, 6) is -1.39. The highest BCUT2D eigenvalue weighted by molar-refractivity contribution is 5.96. The molecular formula is C15H14N2O4. The van der Waals surface area contributed by atoms with Gasteiger partial charge in [0.25, 0.3) is 5.91 Å². The van der Waals surface area contributed by atoms with Crippen molar-refractivity contribution in [3.8, 4) is 5.75 Å². The molecule has 0 saturated heterocycles. The molecule has 2 aromatic rings. The second-order valence-electron chi connectivity index (χ2n) is 4.20. The topological polar surface area (TPSA) is 88.5 Å². The van der Waals surface area contributed by atoms with Crippen LogP contribution in [-0.2, 0) is 11.4 Å². The minimum atomic E-state index is -1.12. The molecule has 0 radical (unpaired) electrons. The number of carboxylic acid groups (broad SMARTS) is 1. The van der Waals surface area contributed by atoms with E-state index in [-0.39, 0.29) is 5.69 Å². The first-order chi connectivity index (χ1) is 10.2. The van der Waals surface area contributed by atoms with Gasteiger partial charge in [0.1, 0.15) is 13.2 Å². The molecule has 2 N–H and O–H groups in total. The monoisotopic (exact) mass is 286 g/mol. The van der Waals surface area contributed by atoms with Gasteiger partial charge in [-0.15, -0.1) is 0 Å². The van der Waals surface area contributed by atoms with E-state index in [2.05, 4.69) is 10.3 Å². The number of nitrogens with zero attached hydrogens (tertiary/aromatic N) is 1. The number of benzene rings is 1. The van der Waals surface area contributed by atoms with Crippen LogP contribution in [0.25, 0.3) is 0 Å². The average Bonchev–Trinajstić information content (AvgIpc) is 2.52. The molecule has 0 fully saturated rings. The van der Waals surface area contributed by atoms with Crippen molar-refractivity contribution in [1.29, 1.82) is 0 Å². The van der Waals surface area contributed by atoms with Crippen LogP contribution in [-0.4, -0.2) is 28.5 Å². The molecule has 1 aromatic carbocycles. The van der Waals surface area contributed by atoms with E-state index in [1.54, 1.807) is 12.1 Å². The van der Waals surface area contributed by atoms with E-state index in [0.29, 0.717) is 12.4 Å². The SMILES string of the molecule is O=C(O)CNC(=O)c1ncccc1OCc1ccccc1. The minimum absolute atomic E-state index is 0.0645. The molecule has 1 heterocycles. The van der Waals surface area contributed by atoms with Gasteiger partial charge in [0.05, 0.1) is 0 Å². The predicted octanol–water partition coefficient (Wildman–Crippen LogP) is 1.47. The number of carboxylic acids is 1. The summed E-state index contributed by atoms with van der Waals surface area (Å²) < 4.78 is 5.58. The van der Waals surface area contributed by atoms with Crippen molar-refractivity contribution >= 4 is 11.9 Å². The molecule has 21 heavy (non-hydrogen) atoms. The molecule has 0 aliphatic carbocycles. The summed E-state index contributed by atoms with van der Waals surface area (Å²) in [6, 6.07) is 12.8. The first kappa shape index (κ1) is 14.5. The number of ether oxygens (including phenoxy) is 1. The zero-order valence-corrected chi connectivity index (χ0v) is 11.2. The van der Waals surface area contributed by atoms with Crippen molar-refractivity contribution in [2.24, 2.45) is 0 Å². The molecule has 0 unspecified atom stereocenters. The van der Waals surface area contributed by atoms with Gasteiger partial charge in [-0.25, -0.2) is 4.98 Å². The number of carbonyl (C=O) groups excluding carboxylic acids is 1. The first-order valence-corrected chi connectivity index (χ1v) is 6.28. The Morgan fingerprint density at radius 1 is 1.14 bits per heavy atom. The Labute approximate surface area is 121 Å². The van der Waals surface area contributed by atoms with Crippen LogP contribution in [0.5, 0.6) is 5.75 Å². The highest BCUT2D eigenvalue weighted by atomic mass is 16.5. The molecule has 0 spiro atoms. The fraction of sp³-hybridized carbons (Fsp3) is 0.133. The summed E-state index contributed by atoms with van der Waals surface area (Å²) in [7, 11) is 0. The lowest BCUT2D eigenvalue weighted by atomic mass is 10.2. The van der Waals surface area contributed by atoms with E-state index in [9.17, 15) is 9.59 Å². The molecule has 0 bridgehead atoms. The summed E-state index contributed by atoms with van der Waals surface area (Å²) in [6.07, 6.45) is 1.45. The van der Waals surface area contributed by atoms with Gasteiger partial charge in [0.15, 0.2) is 11.4 Å². The Kier molecular flexibility index (Phi) is 4.87. The van der Waals surface area contributed by atoms with Crippen molar-refractivity contribution in [3.05, 3.63) is 59.9 Å². The van der Waals surface area contributed by atoms with Gasteiger partial charge in [0.2, 0.25) is 0 Å². The highest BCUT2D eigenvalue weighted by Gasteiger charge is 2.14. The molecule has 0 saturated carbocycles. The Bertz CT molecular complexity index is 629. The number of carbonyl (C=O) groups is 2. The van der Waals surface area contributed by atoms with Crippen LogP contribution >= 0.6 is 0 Å². The standard InChI is InChI=1S/C15H14N2O4/c18-13(19)9-17-15(20)14-12(7-4-8-16-14)21-10-11-5-2-1-3-6-11/h1-8H,9-10H2,(H,17,20)(H,18,19). The lowest BCUT2D eigenvalue weighted by Gasteiger charge is -2.10. The van der Waals surface area contributed by atoms with E-state index in [0.717, 1.165) is 5.56 Å². The molecular weight excluding hydrogens is 272 g/mol. The maximum Gasteiger partial charge on any atom is 0.322 e. The predicted molar refractivity (Wildman–Crippen MR) is 75.0 cm³/mol. The average molecular weight is 286 g/mol. The van der Waals surface area contributed by atoms with Gasteiger partial charge < -0.3 is 15.2 Å². The lowest BCUT2D eigenvalue weighted by molar-refractivity contribution is -0.135. The van der Waals surface area contributed by atoms with Crippen LogP contribution in [0.15, 0.2) is 48.7 Å². The van der Waals surface area contributed by atoms with Crippen LogP contribution in [0.3, 0.4) is 0 Å². The smallest absolute Gasteiger partial charge is 0.322 e. The van der Waals surface area contributed by atoms with Gasteiger partial charge in [-0.3, -0.25) is 9.59 Å². The van der Waals surface area contributed by atoms with E-state index in [1.165, 1.54) is 6.20 Å². The molecule has 0 aliphatic rings. The number of rotatable bonds is 6. The van der Waals surface area contributed by atoms with Crippen LogP contribution in [0.2, 0.25) is 0 Å². The number of pyridine rings is 1. The van der Waals surface area contributed by atoms with Crippen LogP contribution in [0, 0.1) is 0 Å². The number of aromatic nitrogens is 1. The second kappa shape index (κ2) is 7.04. The first-order valence-electron chi connectivity index (χ1n) is 6.28. The molecule has 1 aromatic heterocycles. The summed E-state index contributed by atoms with van der Waals surface area (Å²) in [6.45, 7) is -0.167. The number of hydrogen-bond donors (Lipinski definition) is 2. The maximum atomic E-state index is 11.9. The molecule has 2 rings (SSSR count). The van der Waals surface area contributed by atoms with E-state index >= 15 is 0 Å². The zero-order valence-electron chi connectivity index (χ0n) is 11.2. The molecule has 6 heteroatoms. The number of hydrogen-bond acceptors (Lipinski definition) is 4. The summed E-state index contributed by atoms with van der Waals surface area (Å²) in [5, 5.41) is 10.8. The summed E-state index contributed by atoms with van der Waals surface area (Å²) >= 11 is 0. The quantitative estimate of drug-likeness (QED) is 0.839. The van der Waals surface area contributed by atoms with Crippen molar-refractivity contribution in [2.75, 3.05) is 6.54 Å². The highest BCUT2D eigenvalue weighted by Crippen LogP contribution is 2.16. The van der Waals surface area contributed by atoms with Crippen molar-refractivity contribution in [1.82, 2.24) is 10.3 Å². The van der Waals surface area contributed by atoms with Crippen molar-refractivity contribution in [2.45, 2.75) is 6.61 Å². The van der Waals surface area contributed by atoms with Crippen LogP contribution in [0.4, 0.5) is 0 Å². The molecule has 0 aliphatic heterocycles. The number of nitrogens with one attached hydrogen (secondary N) is 1. The Balaban J connectivity index is 2.06.